The Morgan fingerprint density at radius 1 is 1.44 bits per heavy atom. The number of carboxylic acid groups (broad SMARTS) is 1. The van der Waals surface area contributed by atoms with Crippen molar-refractivity contribution in [1.82, 2.24) is 4.90 Å². The van der Waals surface area contributed by atoms with Crippen LogP contribution in [0.5, 0.6) is 0 Å². The summed E-state index contributed by atoms with van der Waals surface area (Å²) < 4.78 is 0.580. The molecule has 0 saturated carbocycles. The van der Waals surface area contributed by atoms with Gasteiger partial charge in [-0.3, -0.25) is 4.79 Å². The molecule has 1 heterocycles. The summed E-state index contributed by atoms with van der Waals surface area (Å²) >= 11 is 9.08. The number of carbonyl (C=O) groups is 2. The zero-order valence-corrected chi connectivity index (χ0v) is 11.7. The first-order valence-electron chi connectivity index (χ1n) is 5.49. The molecule has 0 spiro atoms. The Kier molecular flexibility index (Phi) is 3.92. The number of benzene rings is 1. The van der Waals surface area contributed by atoms with Gasteiger partial charge in [-0.2, -0.15) is 0 Å². The van der Waals surface area contributed by atoms with Gasteiger partial charge in [0.2, 0.25) is 0 Å². The molecule has 0 aromatic heterocycles. The van der Waals surface area contributed by atoms with Gasteiger partial charge >= 0.3 is 5.97 Å². The average molecular weight is 333 g/mol. The van der Waals surface area contributed by atoms with Crippen LogP contribution in [-0.2, 0) is 4.79 Å². The van der Waals surface area contributed by atoms with Crippen LogP contribution in [-0.4, -0.2) is 34.5 Å². The SMILES string of the molecule is O=C(O)[C@H]1CCCN1C(=O)c1ccc(Cl)cc1Br. The number of carbonyl (C=O) groups excluding carboxylic acids is 1. The third kappa shape index (κ3) is 2.52. The summed E-state index contributed by atoms with van der Waals surface area (Å²) in [5.41, 5.74) is 0.438. The fourth-order valence-electron chi connectivity index (χ4n) is 2.08. The van der Waals surface area contributed by atoms with E-state index in [1.165, 1.54) is 4.90 Å². The van der Waals surface area contributed by atoms with Gasteiger partial charge in [0.05, 0.1) is 5.56 Å². The molecule has 96 valence electrons. The highest BCUT2D eigenvalue weighted by Crippen LogP contribution is 2.26. The Bertz CT molecular complexity index is 506. The topological polar surface area (TPSA) is 57.6 Å². The predicted molar refractivity (Wildman–Crippen MR) is 70.8 cm³/mol. The van der Waals surface area contributed by atoms with Crippen LogP contribution in [0.3, 0.4) is 0 Å². The lowest BCUT2D eigenvalue weighted by Crippen LogP contribution is -2.40. The molecular formula is C12H11BrClNO3. The highest BCUT2D eigenvalue weighted by molar-refractivity contribution is 9.10. The van der Waals surface area contributed by atoms with Gasteiger partial charge < -0.3 is 10.0 Å². The molecule has 1 amide bonds. The quantitative estimate of drug-likeness (QED) is 0.906. The summed E-state index contributed by atoms with van der Waals surface area (Å²) in [6.45, 7) is 0.477. The summed E-state index contributed by atoms with van der Waals surface area (Å²) in [5, 5.41) is 9.59. The first-order chi connectivity index (χ1) is 8.50. The van der Waals surface area contributed by atoms with Crippen molar-refractivity contribution in [2.45, 2.75) is 18.9 Å². The van der Waals surface area contributed by atoms with Crippen molar-refractivity contribution in [2.75, 3.05) is 6.54 Å². The fourth-order valence-corrected chi connectivity index (χ4v) is 2.94. The van der Waals surface area contributed by atoms with Crippen LogP contribution < -0.4 is 0 Å². The van der Waals surface area contributed by atoms with E-state index in [0.29, 0.717) is 34.4 Å². The molecule has 1 atom stereocenters. The summed E-state index contributed by atoms with van der Waals surface area (Å²) in [6, 6.07) is 4.12. The molecule has 1 saturated heterocycles. The Balaban J connectivity index is 2.28. The van der Waals surface area contributed by atoms with E-state index >= 15 is 0 Å². The summed E-state index contributed by atoms with van der Waals surface area (Å²) in [5.74, 6) is -1.23. The van der Waals surface area contributed by atoms with Gasteiger partial charge in [0.1, 0.15) is 6.04 Å². The zero-order chi connectivity index (χ0) is 13.3. The van der Waals surface area contributed by atoms with E-state index in [9.17, 15) is 9.59 Å². The second-order valence-corrected chi connectivity index (χ2v) is 5.41. The van der Waals surface area contributed by atoms with Gasteiger partial charge in [-0.15, -0.1) is 0 Å². The monoisotopic (exact) mass is 331 g/mol. The number of amides is 1. The van der Waals surface area contributed by atoms with Crippen LogP contribution in [0.15, 0.2) is 22.7 Å². The van der Waals surface area contributed by atoms with E-state index in [1.54, 1.807) is 18.2 Å². The molecule has 1 aliphatic rings. The number of carboxylic acids is 1. The van der Waals surface area contributed by atoms with Crippen molar-refractivity contribution >= 4 is 39.4 Å². The summed E-state index contributed by atoms with van der Waals surface area (Å²) in [7, 11) is 0. The van der Waals surface area contributed by atoms with Gasteiger partial charge in [0.25, 0.3) is 5.91 Å². The van der Waals surface area contributed by atoms with E-state index in [4.69, 9.17) is 16.7 Å². The van der Waals surface area contributed by atoms with Crippen LogP contribution in [0.4, 0.5) is 0 Å². The molecule has 2 rings (SSSR count). The lowest BCUT2D eigenvalue weighted by molar-refractivity contribution is -0.141. The number of likely N-dealkylation sites (tertiary alicyclic amines) is 1. The third-order valence-electron chi connectivity index (χ3n) is 2.96. The van der Waals surface area contributed by atoms with E-state index < -0.39 is 12.0 Å². The maximum absolute atomic E-state index is 12.3. The number of rotatable bonds is 2. The van der Waals surface area contributed by atoms with Crippen molar-refractivity contribution in [3.63, 3.8) is 0 Å². The number of hydrogen-bond donors (Lipinski definition) is 1. The average Bonchev–Trinajstić information content (AvgIpc) is 2.77. The van der Waals surface area contributed by atoms with Crippen LogP contribution >= 0.6 is 27.5 Å². The summed E-state index contributed by atoms with van der Waals surface area (Å²) in [4.78, 5) is 24.7. The minimum Gasteiger partial charge on any atom is -0.480 e. The van der Waals surface area contributed by atoms with E-state index in [1.807, 2.05) is 0 Å². The van der Waals surface area contributed by atoms with Crippen molar-refractivity contribution in [3.05, 3.63) is 33.3 Å². The molecule has 1 aliphatic heterocycles. The molecule has 18 heavy (non-hydrogen) atoms. The minimum absolute atomic E-state index is 0.275. The van der Waals surface area contributed by atoms with Crippen LogP contribution in [0.1, 0.15) is 23.2 Å². The van der Waals surface area contributed by atoms with Gasteiger partial charge in [0.15, 0.2) is 0 Å². The van der Waals surface area contributed by atoms with Crippen molar-refractivity contribution in [3.8, 4) is 0 Å². The molecule has 4 nitrogen and oxygen atoms in total. The molecule has 1 fully saturated rings. The molecular weight excluding hydrogens is 321 g/mol. The van der Waals surface area contributed by atoms with Gasteiger partial charge in [-0.05, 0) is 47.0 Å². The maximum atomic E-state index is 12.3. The number of hydrogen-bond acceptors (Lipinski definition) is 2. The Morgan fingerprint density at radius 3 is 2.78 bits per heavy atom. The zero-order valence-electron chi connectivity index (χ0n) is 9.40. The molecule has 0 aliphatic carbocycles. The van der Waals surface area contributed by atoms with Crippen LogP contribution in [0, 0.1) is 0 Å². The predicted octanol–water partition coefficient (Wildman–Crippen LogP) is 2.79. The van der Waals surface area contributed by atoms with Crippen molar-refractivity contribution in [1.29, 1.82) is 0 Å². The van der Waals surface area contributed by atoms with Crippen LogP contribution in [0.2, 0.25) is 5.02 Å². The standard InChI is InChI=1S/C12H11BrClNO3/c13-9-6-7(14)3-4-8(9)11(16)15-5-1-2-10(15)12(17)18/h3-4,6,10H,1-2,5H2,(H,17,18)/t10-/m1/s1. The lowest BCUT2D eigenvalue weighted by atomic mass is 10.1. The van der Waals surface area contributed by atoms with Gasteiger partial charge in [-0.1, -0.05) is 11.6 Å². The molecule has 0 radical (unpaired) electrons. The molecule has 6 heteroatoms. The molecule has 0 bridgehead atoms. The number of aliphatic carboxylic acids is 1. The normalized spacial score (nSPS) is 19.0. The Morgan fingerprint density at radius 2 is 2.17 bits per heavy atom. The minimum atomic E-state index is -0.953. The van der Waals surface area contributed by atoms with E-state index in [0.717, 1.165) is 0 Å². The lowest BCUT2D eigenvalue weighted by Gasteiger charge is -2.22. The first kappa shape index (κ1) is 13.4. The number of halogens is 2. The Hall–Kier alpha value is -1.07. The fraction of sp³-hybridized carbons (Fsp3) is 0.333. The molecule has 1 aromatic carbocycles. The maximum Gasteiger partial charge on any atom is 0.326 e. The highest BCUT2D eigenvalue weighted by Gasteiger charge is 2.34. The van der Waals surface area contributed by atoms with Crippen molar-refractivity contribution in [2.24, 2.45) is 0 Å². The van der Waals surface area contributed by atoms with Gasteiger partial charge in [-0.25, -0.2) is 4.79 Å². The largest absolute Gasteiger partial charge is 0.480 e. The molecule has 1 N–H and O–H groups in total. The highest BCUT2D eigenvalue weighted by atomic mass is 79.9. The van der Waals surface area contributed by atoms with E-state index in [-0.39, 0.29) is 5.91 Å². The first-order valence-corrected chi connectivity index (χ1v) is 6.66. The molecule has 1 aromatic rings. The van der Waals surface area contributed by atoms with Gasteiger partial charge in [0, 0.05) is 16.0 Å². The molecule has 0 unspecified atom stereocenters. The second-order valence-electron chi connectivity index (χ2n) is 4.12. The van der Waals surface area contributed by atoms with Crippen molar-refractivity contribution < 1.29 is 14.7 Å². The van der Waals surface area contributed by atoms with Crippen LogP contribution in [0.25, 0.3) is 0 Å². The smallest absolute Gasteiger partial charge is 0.326 e. The second kappa shape index (κ2) is 5.28. The van der Waals surface area contributed by atoms with E-state index in [2.05, 4.69) is 15.9 Å². The third-order valence-corrected chi connectivity index (χ3v) is 3.85. The summed E-state index contributed by atoms with van der Waals surface area (Å²) in [6.07, 6.45) is 1.22. The Labute approximate surface area is 118 Å². The number of nitrogens with zero attached hydrogens (tertiary/aromatic N) is 1.